The lowest BCUT2D eigenvalue weighted by Gasteiger charge is -2.08. The van der Waals surface area contributed by atoms with Gasteiger partial charge in [0.1, 0.15) is 5.82 Å². The van der Waals surface area contributed by atoms with E-state index in [1.807, 2.05) is 24.3 Å². The topological polar surface area (TPSA) is 29.1 Å². The van der Waals surface area contributed by atoms with E-state index in [1.54, 1.807) is 19.1 Å². The second kappa shape index (κ2) is 5.97. The Morgan fingerprint density at radius 1 is 1.21 bits per heavy atom. The maximum Gasteiger partial charge on any atom is 0.254 e. The molecule has 0 radical (unpaired) electrons. The fourth-order valence-electron chi connectivity index (χ4n) is 1.74. The molecule has 2 nitrogen and oxygen atoms in total. The van der Waals surface area contributed by atoms with Gasteiger partial charge in [0.25, 0.3) is 5.91 Å². The van der Waals surface area contributed by atoms with E-state index in [2.05, 4.69) is 21.2 Å². The SMILES string of the molecule is Cc1cccc(C(=O)NCc2ccccc2Br)c1F. The van der Waals surface area contributed by atoms with Gasteiger partial charge in [-0.15, -0.1) is 0 Å². The molecule has 19 heavy (non-hydrogen) atoms. The lowest BCUT2D eigenvalue weighted by molar-refractivity contribution is 0.0946. The van der Waals surface area contributed by atoms with Crippen LogP contribution in [0.25, 0.3) is 0 Å². The van der Waals surface area contributed by atoms with Crippen molar-refractivity contribution in [3.63, 3.8) is 0 Å². The van der Waals surface area contributed by atoms with Gasteiger partial charge < -0.3 is 5.32 Å². The molecule has 0 aliphatic carbocycles. The maximum atomic E-state index is 13.8. The molecule has 0 saturated carbocycles. The van der Waals surface area contributed by atoms with Crippen molar-refractivity contribution in [1.29, 1.82) is 0 Å². The number of nitrogens with one attached hydrogen (secondary N) is 1. The van der Waals surface area contributed by atoms with Gasteiger partial charge in [0.15, 0.2) is 0 Å². The van der Waals surface area contributed by atoms with E-state index in [4.69, 9.17) is 0 Å². The minimum absolute atomic E-state index is 0.0760. The Morgan fingerprint density at radius 3 is 2.68 bits per heavy atom. The van der Waals surface area contributed by atoms with Crippen LogP contribution in [0.4, 0.5) is 4.39 Å². The van der Waals surface area contributed by atoms with Crippen molar-refractivity contribution < 1.29 is 9.18 Å². The predicted octanol–water partition coefficient (Wildman–Crippen LogP) is 3.83. The molecule has 0 aliphatic rings. The second-order valence-electron chi connectivity index (χ2n) is 4.21. The van der Waals surface area contributed by atoms with Crippen LogP contribution < -0.4 is 5.32 Å². The smallest absolute Gasteiger partial charge is 0.254 e. The van der Waals surface area contributed by atoms with Crippen LogP contribution in [0.15, 0.2) is 46.9 Å². The molecule has 98 valence electrons. The van der Waals surface area contributed by atoms with Crippen molar-refractivity contribution in [2.45, 2.75) is 13.5 Å². The zero-order valence-electron chi connectivity index (χ0n) is 10.4. The molecule has 1 N–H and O–H groups in total. The van der Waals surface area contributed by atoms with Gasteiger partial charge in [-0.25, -0.2) is 4.39 Å². The van der Waals surface area contributed by atoms with E-state index in [0.29, 0.717) is 12.1 Å². The van der Waals surface area contributed by atoms with Crippen molar-refractivity contribution in [3.8, 4) is 0 Å². The molecular weight excluding hydrogens is 309 g/mol. The lowest BCUT2D eigenvalue weighted by atomic mass is 10.1. The largest absolute Gasteiger partial charge is 0.348 e. The first-order valence-electron chi connectivity index (χ1n) is 5.86. The molecule has 2 aromatic rings. The first-order chi connectivity index (χ1) is 9.09. The third kappa shape index (κ3) is 3.20. The summed E-state index contributed by atoms with van der Waals surface area (Å²) in [7, 11) is 0. The molecule has 0 bridgehead atoms. The Bertz CT molecular complexity index is 613. The summed E-state index contributed by atoms with van der Waals surface area (Å²) in [6.45, 7) is 1.99. The molecule has 0 unspecified atom stereocenters. The Morgan fingerprint density at radius 2 is 1.95 bits per heavy atom. The fourth-order valence-corrected chi connectivity index (χ4v) is 2.16. The summed E-state index contributed by atoms with van der Waals surface area (Å²) in [5.74, 6) is -0.871. The molecule has 1 amide bonds. The average molecular weight is 322 g/mol. The zero-order valence-corrected chi connectivity index (χ0v) is 12.0. The molecule has 2 aromatic carbocycles. The Kier molecular flexibility index (Phi) is 4.32. The Labute approximate surface area is 119 Å². The van der Waals surface area contributed by atoms with Crippen LogP contribution in [0.5, 0.6) is 0 Å². The van der Waals surface area contributed by atoms with E-state index < -0.39 is 11.7 Å². The van der Waals surface area contributed by atoms with Gasteiger partial charge in [-0.3, -0.25) is 4.79 Å². The van der Waals surface area contributed by atoms with Crippen molar-refractivity contribution in [1.82, 2.24) is 5.32 Å². The van der Waals surface area contributed by atoms with Crippen LogP contribution in [-0.4, -0.2) is 5.91 Å². The molecule has 0 aromatic heterocycles. The van der Waals surface area contributed by atoms with Crippen LogP contribution in [0.3, 0.4) is 0 Å². The summed E-state index contributed by atoms with van der Waals surface area (Å²) in [6.07, 6.45) is 0. The van der Waals surface area contributed by atoms with Crippen LogP contribution in [-0.2, 0) is 6.54 Å². The van der Waals surface area contributed by atoms with Crippen molar-refractivity contribution in [2.75, 3.05) is 0 Å². The summed E-state index contributed by atoms with van der Waals surface area (Å²) in [6, 6.07) is 12.4. The normalized spacial score (nSPS) is 10.3. The third-order valence-corrected chi connectivity index (χ3v) is 3.61. The Hall–Kier alpha value is -1.68. The van der Waals surface area contributed by atoms with Crippen LogP contribution in [0, 0.1) is 12.7 Å². The summed E-state index contributed by atoms with van der Waals surface area (Å²) in [5, 5.41) is 2.72. The van der Waals surface area contributed by atoms with Gasteiger partial charge in [0, 0.05) is 11.0 Å². The zero-order chi connectivity index (χ0) is 13.8. The standard InChI is InChI=1S/C15H13BrFNO/c1-10-5-4-7-12(14(10)17)15(19)18-9-11-6-2-3-8-13(11)16/h2-8H,9H2,1H3,(H,18,19). The fraction of sp³-hybridized carbons (Fsp3) is 0.133. The number of aryl methyl sites for hydroxylation is 1. The monoisotopic (exact) mass is 321 g/mol. The molecular formula is C15H13BrFNO. The second-order valence-corrected chi connectivity index (χ2v) is 5.06. The highest BCUT2D eigenvalue weighted by atomic mass is 79.9. The highest BCUT2D eigenvalue weighted by Crippen LogP contribution is 2.16. The van der Waals surface area contributed by atoms with E-state index in [0.717, 1.165) is 10.0 Å². The quantitative estimate of drug-likeness (QED) is 0.914. The minimum Gasteiger partial charge on any atom is -0.348 e. The molecule has 0 heterocycles. The number of halogens is 2. The number of hydrogen-bond acceptors (Lipinski definition) is 1. The summed E-state index contributed by atoms with van der Waals surface area (Å²) < 4.78 is 14.7. The lowest BCUT2D eigenvalue weighted by Crippen LogP contribution is -2.24. The first-order valence-corrected chi connectivity index (χ1v) is 6.65. The molecule has 0 fully saturated rings. The predicted molar refractivity (Wildman–Crippen MR) is 76.4 cm³/mol. The van der Waals surface area contributed by atoms with Crippen LogP contribution in [0.2, 0.25) is 0 Å². The minimum atomic E-state index is -0.466. The third-order valence-electron chi connectivity index (χ3n) is 2.83. The van der Waals surface area contributed by atoms with E-state index >= 15 is 0 Å². The number of carbonyl (C=O) groups excluding carboxylic acids is 1. The van der Waals surface area contributed by atoms with Gasteiger partial charge in [-0.05, 0) is 30.2 Å². The number of hydrogen-bond donors (Lipinski definition) is 1. The van der Waals surface area contributed by atoms with Gasteiger partial charge in [-0.1, -0.05) is 46.3 Å². The van der Waals surface area contributed by atoms with Gasteiger partial charge >= 0.3 is 0 Å². The number of amides is 1. The molecule has 4 heteroatoms. The Balaban J connectivity index is 2.10. The highest BCUT2D eigenvalue weighted by Gasteiger charge is 2.12. The summed E-state index contributed by atoms with van der Waals surface area (Å²) in [4.78, 5) is 11.9. The van der Waals surface area contributed by atoms with Crippen LogP contribution >= 0.6 is 15.9 Å². The number of rotatable bonds is 3. The average Bonchev–Trinajstić information content (AvgIpc) is 2.40. The van der Waals surface area contributed by atoms with Gasteiger partial charge in [-0.2, -0.15) is 0 Å². The molecule has 0 saturated heterocycles. The number of benzene rings is 2. The summed E-state index contributed by atoms with van der Waals surface area (Å²) in [5.41, 5.74) is 1.49. The summed E-state index contributed by atoms with van der Waals surface area (Å²) >= 11 is 3.40. The maximum absolute atomic E-state index is 13.8. The van der Waals surface area contributed by atoms with Crippen molar-refractivity contribution >= 4 is 21.8 Å². The van der Waals surface area contributed by atoms with Crippen LogP contribution in [0.1, 0.15) is 21.5 Å². The first kappa shape index (κ1) is 13.7. The molecule has 2 rings (SSSR count). The molecule has 0 aliphatic heterocycles. The van der Waals surface area contributed by atoms with Crippen molar-refractivity contribution in [3.05, 3.63) is 69.4 Å². The van der Waals surface area contributed by atoms with Crippen molar-refractivity contribution in [2.24, 2.45) is 0 Å². The van der Waals surface area contributed by atoms with Gasteiger partial charge in [0.05, 0.1) is 5.56 Å². The highest BCUT2D eigenvalue weighted by molar-refractivity contribution is 9.10. The van der Waals surface area contributed by atoms with Gasteiger partial charge in [0.2, 0.25) is 0 Å². The van der Waals surface area contributed by atoms with E-state index in [1.165, 1.54) is 6.07 Å². The van der Waals surface area contributed by atoms with E-state index in [9.17, 15) is 9.18 Å². The van der Waals surface area contributed by atoms with E-state index in [-0.39, 0.29) is 5.56 Å². The molecule has 0 spiro atoms. The number of carbonyl (C=O) groups is 1. The molecule has 0 atom stereocenters.